The maximum absolute atomic E-state index is 13.5. The molecule has 0 aliphatic rings. The Bertz CT molecular complexity index is 551. The zero-order valence-corrected chi connectivity index (χ0v) is 9.92. The van der Waals surface area contributed by atoms with Crippen LogP contribution in [-0.2, 0) is 7.05 Å². The number of nitrogens with zero attached hydrogens (tertiary/aromatic N) is 2. The Labute approximate surface area is 99.0 Å². The van der Waals surface area contributed by atoms with Crippen molar-refractivity contribution in [2.45, 2.75) is 0 Å². The minimum absolute atomic E-state index is 0.0826. The van der Waals surface area contributed by atoms with Gasteiger partial charge < -0.3 is 10.3 Å². The molecular weight excluding hydrogens is 280 g/mol. The van der Waals surface area contributed by atoms with Gasteiger partial charge in [0.05, 0.1) is 0 Å². The molecule has 84 valence electrons. The second-order valence-corrected chi connectivity index (χ2v) is 4.04. The molecule has 1 aromatic heterocycles. The highest BCUT2D eigenvalue weighted by molar-refractivity contribution is 9.10. The second kappa shape index (κ2) is 3.86. The largest absolute Gasteiger partial charge is 0.369 e. The molecule has 2 N–H and O–H groups in total. The molecule has 16 heavy (non-hydrogen) atoms. The standard InChI is InChI=1S/C10H8BrF2N3/c1-16-9(11)8(15-10(16)14)6-4-5(12)2-3-7(6)13/h2-4H,1H3,(H2,14,15). The van der Waals surface area contributed by atoms with Crippen LogP contribution in [0.5, 0.6) is 0 Å². The summed E-state index contributed by atoms with van der Waals surface area (Å²) < 4.78 is 28.6. The summed E-state index contributed by atoms with van der Waals surface area (Å²) in [5, 5.41) is 0. The number of rotatable bonds is 1. The van der Waals surface area contributed by atoms with E-state index in [2.05, 4.69) is 20.9 Å². The minimum Gasteiger partial charge on any atom is -0.369 e. The monoisotopic (exact) mass is 287 g/mol. The first kappa shape index (κ1) is 11.1. The van der Waals surface area contributed by atoms with Crippen LogP contribution in [0, 0.1) is 11.6 Å². The lowest BCUT2D eigenvalue weighted by atomic mass is 10.1. The van der Waals surface area contributed by atoms with E-state index in [9.17, 15) is 8.78 Å². The number of imidazole rings is 1. The normalized spacial score (nSPS) is 10.8. The first-order valence-corrected chi connectivity index (χ1v) is 5.23. The van der Waals surface area contributed by atoms with Gasteiger partial charge in [-0.15, -0.1) is 0 Å². The maximum atomic E-state index is 13.5. The Morgan fingerprint density at radius 1 is 1.38 bits per heavy atom. The molecular formula is C10H8BrF2N3. The van der Waals surface area contributed by atoms with Crippen LogP contribution in [0.2, 0.25) is 0 Å². The number of halogens is 3. The van der Waals surface area contributed by atoms with Gasteiger partial charge in [0, 0.05) is 12.6 Å². The van der Waals surface area contributed by atoms with E-state index in [1.165, 1.54) is 0 Å². The van der Waals surface area contributed by atoms with E-state index >= 15 is 0 Å². The molecule has 2 aromatic rings. The van der Waals surface area contributed by atoms with E-state index in [1.54, 1.807) is 11.6 Å². The van der Waals surface area contributed by atoms with Crippen LogP contribution >= 0.6 is 15.9 Å². The van der Waals surface area contributed by atoms with Crippen LogP contribution < -0.4 is 5.73 Å². The minimum atomic E-state index is -0.541. The van der Waals surface area contributed by atoms with Crippen molar-refractivity contribution in [3.8, 4) is 11.3 Å². The van der Waals surface area contributed by atoms with Crippen molar-refractivity contribution in [3.63, 3.8) is 0 Å². The third kappa shape index (κ3) is 1.69. The number of nitrogen functional groups attached to an aromatic ring is 1. The van der Waals surface area contributed by atoms with Crippen molar-refractivity contribution in [1.82, 2.24) is 9.55 Å². The molecule has 0 aliphatic carbocycles. The molecule has 0 saturated heterocycles. The second-order valence-electron chi connectivity index (χ2n) is 3.29. The number of anilines is 1. The van der Waals surface area contributed by atoms with Gasteiger partial charge in [-0.25, -0.2) is 13.8 Å². The number of benzene rings is 1. The lowest BCUT2D eigenvalue weighted by molar-refractivity contribution is 0.602. The topological polar surface area (TPSA) is 43.8 Å². The molecule has 0 fully saturated rings. The smallest absolute Gasteiger partial charge is 0.201 e. The van der Waals surface area contributed by atoms with Crippen LogP contribution in [0.3, 0.4) is 0 Å². The first-order valence-electron chi connectivity index (χ1n) is 4.44. The summed E-state index contributed by atoms with van der Waals surface area (Å²) in [7, 11) is 1.67. The molecule has 0 spiro atoms. The van der Waals surface area contributed by atoms with Crippen LogP contribution in [0.25, 0.3) is 11.3 Å². The highest BCUT2D eigenvalue weighted by Crippen LogP contribution is 2.31. The fourth-order valence-corrected chi connectivity index (χ4v) is 1.83. The summed E-state index contributed by atoms with van der Waals surface area (Å²) in [5.74, 6) is -0.835. The van der Waals surface area contributed by atoms with Crippen LogP contribution in [0.15, 0.2) is 22.8 Å². The SMILES string of the molecule is Cn1c(N)nc(-c2cc(F)ccc2F)c1Br. The molecule has 0 unspecified atom stereocenters. The van der Waals surface area contributed by atoms with Gasteiger partial charge in [-0.2, -0.15) is 0 Å². The molecule has 2 rings (SSSR count). The van der Waals surface area contributed by atoms with Crippen LogP contribution in [0.4, 0.5) is 14.7 Å². The van der Waals surface area contributed by atoms with Gasteiger partial charge in [-0.3, -0.25) is 0 Å². The van der Waals surface area contributed by atoms with E-state index in [-0.39, 0.29) is 17.2 Å². The lowest BCUT2D eigenvalue weighted by Crippen LogP contribution is -1.96. The van der Waals surface area contributed by atoms with Gasteiger partial charge in [0.2, 0.25) is 5.95 Å². The zero-order valence-electron chi connectivity index (χ0n) is 8.34. The molecule has 0 atom stereocenters. The predicted octanol–water partition coefficient (Wildman–Crippen LogP) is 2.71. The van der Waals surface area contributed by atoms with Gasteiger partial charge in [0.25, 0.3) is 0 Å². The van der Waals surface area contributed by atoms with Gasteiger partial charge in [-0.05, 0) is 34.1 Å². The Balaban J connectivity index is 2.67. The average Bonchev–Trinajstić information content (AvgIpc) is 2.50. The molecule has 1 heterocycles. The molecule has 0 bridgehead atoms. The number of aromatic nitrogens is 2. The molecule has 0 amide bonds. The highest BCUT2D eigenvalue weighted by Gasteiger charge is 2.16. The first-order chi connectivity index (χ1) is 7.50. The van der Waals surface area contributed by atoms with Crippen molar-refractivity contribution < 1.29 is 8.78 Å². The lowest BCUT2D eigenvalue weighted by Gasteiger charge is -2.01. The third-order valence-corrected chi connectivity index (χ3v) is 3.15. The van der Waals surface area contributed by atoms with Gasteiger partial charge in [-0.1, -0.05) is 0 Å². The van der Waals surface area contributed by atoms with Crippen molar-refractivity contribution in [1.29, 1.82) is 0 Å². The highest BCUT2D eigenvalue weighted by atomic mass is 79.9. The quantitative estimate of drug-likeness (QED) is 0.876. The average molecular weight is 288 g/mol. The Hall–Kier alpha value is -1.43. The van der Waals surface area contributed by atoms with Crippen LogP contribution in [0.1, 0.15) is 0 Å². The number of hydrogen-bond acceptors (Lipinski definition) is 2. The summed E-state index contributed by atoms with van der Waals surface area (Å²) in [4.78, 5) is 3.97. The van der Waals surface area contributed by atoms with Crippen molar-refractivity contribution >= 4 is 21.9 Å². The predicted molar refractivity (Wildman–Crippen MR) is 60.7 cm³/mol. The van der Waals surface area contributed by atoms with Gasteiger partial charge >= 0.3 is 0 Å². The Morgan fingerprint density at radius 2 is 2.06 bits per heavy atom. The van der Waals surface area contributed by atoms with Crippen molar-refractivity contribution in [3.05, 3.63) is 34.4 Å². The van der Waals surface area contributed by atoms with E-state index in [0.29, 0.717) is 4.60 Å². The summed E-state index contributed by atoms with van der Waals surface area (Å²) in [5.41, 5.74) is 5.94. The summed E-state index contributed by atoms with van der Waals surface area (Å²) in [6, 6.07) is 3.20. The maximum Gasteiger partial charge on any atom is 0.201 e. The Morgan fingerprint density at radius 3 is 2.62 bits per heavy atom. The van der Waals surface area contributed by atoms with Crippen LogP contribution in [-0.4, -0.2) is 9.55 Å². The summed E-state index contributed by atoms with van der Waals surface area (Å²) >= 11 is 3.23. The summed E-state index contributed by atoms with van der Waals surface area (Å²) in [6.45, 7) is 0. The molecule has 0 aliphatic heterocycles. The summed E-state index contributed by atoms with van der Waals surface area (Å²) in [6.07, 6.45) is 0. The van der Waals surface area contributed by atoms with Crippen molar-refractivity contribution in [2.24, 2.45) is 7.05 Å². The number of hydrogen-bond donors (Lipinski definition) is 1. The molecule has 3 nitrogen and oxygen atoms in total. The fraction of sp³-hybridized carbons (Fsp3) is 0.100. The van der Waals surface area contributed by atoms with E-state index in [4.69, 9.17) is 5.73 Å². The zero-order chi connectivity index (χ0) is 11.9. The van der Waals surface area contributed by atoms with Gasteiger partial charge in [0.1, 0.15) is 21.9 Å². The van der Waals surface area contributed by atoms with Crippen molar-refractivity contribution in [2.75, 3.05) is 5.73 Å². The Kier molecular flexibility index (Phi) is 2.67. The molecule has 6 heteroatoms. The third-order valence-electron chi connectivity index (χ3n) is 2.24. The van der Waals surface area contributed by atoms with E-state index in [1.807, 2.05) is 0 Å². The molecule has 0 radical (unpaired) electrons. The number of nitrogens with two attached hydrogens (primary N) is 1. The van der Waals surface area contributed by atoms with Gasteiger partial charge in [0.15, 0.2) is 0 Å². The van der Waals surface area contributed by atoms with E-state index < -0.39 is 11.6 Å². The molecule has 1 aromatic carbocycles. The van der Waals surface area contributed by atoms with E-state index in [0.717, 1.165) is 18.2 Å². The fourth-order valence-electron chi connectivity index (χ4n) is 1.35. The molecule has 0 saturated carbocycles.